The molecule has 0 aliphatic carbocycles. The Balaban J connectivity index is 2.06. The molecule has 0 saturated carbocycles. The molecule has 0 aromatic heterocycles. The summed E-state index contributed by atoms with van der Waals surface area (Å²) in [5, 5.41) is 11.7. The van der Waals surface area contributed by atoms with E-state index in [0.717, 1.165) is 42.7 Å². The molecule has 1 aromatic carbocycles. The van der Waals surface area contributed by atoms with E-state index in [2.05, 4.69) is 24.1 Å². The standard InChI is InChI=1S/C17H22N2O2/c1-13-7-9-19(10-8-13)17(21)18-16-12-15(4-3-11-20)6-5-14(16)2/h5-6,12-13,20H,7-11H2,1-2H3,(H,18,21). The number of urea groups is 1. The molecule has 0 bridgehead atoms. The number of likely N-dealkylation sites (tertiary alicyclic amines) is 1. The lowest BCUT2D eigenvalue weighted by Gasteiger charge is -2.30. The Morgan fingerprint density at radius 2 is 2.14 bits per heavy atom. The van der Waals surface area contributed by atoms with Gasteiger partial charge in [0.1, 0.15) is 6.61 Å². The molecular formula is C17H22N2O2. The number of carbonyl (C=O) groups excluding carboxylic acids is 1. The number of rotatable bonds is 1. The Hall–Kier alpha value is -1.99. The van der Waals surface area contributed by atoms with Crippen molar-refractivity contribution in [3.8, 4) is 11.8 Å². The minimum Gasteiger partial charge on any atom is -0.384 e. The van der Waals surface area contributed by atoms with Crippen LogP contribution in [0, 0.1) is 24.7 Å². The SMILES string of the molecule is Cc1ccc(C#CCO)cc1NC(=O)N1CCC(C)CC1. The van der Waals surface area contributed by atoms with Gasteiger partial charge in [0.2, 0.25) is 0 Å². The van der Waals surface area contributed by atoms with Crippen LogP contribution < -0.4 is 5.32 Å². The second-order valence-electron chi connectivity index (χ2n) is 5.59. The van der Waals surface area contributed by atoms with Crippen molar-refractivity contribution in [1.29, 1.82) is 0 Å². The maximum atomic E-state index is 12.3. The first kappa shape index (κ1) is 15.4. The Morgan fingerprint density at radius 3 is 2.81 bits per heavy atom. The number of anilines is 1. The number of benzene rings is 1. The van der Waals surface area contributed by atoms with Gasteiger partial charge in [-0.25, -0.2) is 4.79 Å². The fraction of sp³-hybridized carbons (Fsp3) is 0.471. The van der Waals surface area contributed by atoms with Crippen LogP contribution >= 0.6 is 0 Å². The molecule has 21 heavy (non-hydrogen) atoms. The third-order valence-electron chi connectivity index (χ3n) is 3.86. The number of carbonyl (C=O) groups is 1. The van der Waals surface area contributed by atoms with Crippen LogP contribution in [0.4, 0.5) is 10.5 Å². The minimum atomic E-state index is -0.165. The second-order valence-corrected chi connectivity index (χ2v) is 5.59. The summed E-state index contributed by atoms with van der Waals surface area (Å²) in [7, 11) is 0. The van der Waals surface area contributed by atoms with Crippen LogP contribution in [-0.2, 0) is 0 Å². The van der Waals surface area contributed by atoms with E-state index in [1.165, 1.54) is 0 Å². The van der Waals surface area contributed by atoms with Crippen molar-refractivity contribution in [3.05, 3.63) is 29.3 Å². The molecule has 1 saturated heterocycles. The predicted molar refractivity (Wildman–Crippen MR) is 84.1 cm³/mol. The molecule has 2 amide bonds. The second kappa shape index (κ2) is 7.14. The van der Waals surface area contributed by atoms with Crippen molar-refractivity contribution in [2.24, 2.45) is 5.92 Å². The molecule has 0 unspecified atom stereocenters. The monoisotopic (exact) mass is 286 g/mol. The highest BCUT2D eigenvalue weighted by Crippen LogP contribution is 2.20. The van der Waals surface area contributed by atoms with E-state index in [1.807, 2.05) is 30.0 Å². The maximum absolute atomic E-state index is 12.3. The lowest BCUT2D eigenvalue weighted by atomic mass is 10.00. The van der Waals surface area contributed by atoms with Crippen molar-refractivity contribution in [1.82, 2.24) is 4.90 Å². The summed E-state index contributed by atoms with van der Waals surface area (Å²) in [6, 6.07) is 5.62. The normalized spacial score (nSPS) is 15.3. The van der Waals surface area contributed by atoms with Crippen molar-refractivity contribution in [2.45, 2.75) is 26.7 Å². The van der Waals surface area contributed by atoms with E-state index in [-0.39, 0.29) is 12.6 Å². The molecular weight excluding hydrogens is 264 g/mol. The first-order chi connectivity index (χ1) is 10.1. The van der Waals surface area contributed by atoms with Crippen molar-refractivity contribution in [2.75, 3.05) is 25.0 Å². The number of aryl methyl sites for hydroxylation is 1. The topological polar surface area (TPSA) is 52.6 Å². The van der Waals surface area contributed by atoms with E-state index in [0.29, 0.717) is 5.92 Å². The zero-order valence-electron chi connectivity index (χ0n) is 12.6. The average Bonchev–Trinajstić information content (AvgIpc) is 2.48. The average molecular weight is 286 g/mol. The zero-order chi connectivity index (χ0) is 15.2. The number of aliphatic hydroxyl groups is 1. The Labute approximate surface area is 126 Å². The lowest BCUT2D eigenvalue weighted by molar-refractivity contribution is 0.186. The molecule has 0 spiro atoms. The molecule has 1 aromatic rings. The number of hydrogen-bond donors (Lipinski definition) is 2. The molecule has 0 atom stereocenters. The van der Waals surface area contributed by atoms with Gasteiger partial charge in [-0.05, 0) is 43.4 Å². The van der Waals surface area contributed by atoms with Gasteiger partial charge in [0.25, 0.3) is 0 Å². The predicted octanol–water partition coefficient (Wildman–Crippen LogP) is 2.60. The quantitative estimate of drug-likeness (QED) is 0.780. The van der Waals surface area contributed by atoms with Gasteiger partial charge in [-0.15, -0.1) is 0 Å². The Morgan fingerprint density at radius 1 is 1.43 bits per heavy atom. The molecule has 112 valence electrons. The van der Waals surface area contributed by atoms with Crippen LogP contribution in [0.3, 0.4) is 0 Å². The van der Waals surface area contributed by atoms with E-state index in [9.17, 15) is 4.79 Å². The van der Waals surface area contributed by atoms with E-state index in [1.54, 1.807) is 0 Å². The molecule has 4 nitrogen and oxygen atoms in total. The molecule has 0 radical (unpaired) electrons. The van der Waals surface area contributed by atoms with Crippen LogP contribution in [0.25, 0.3) is 0 Å². The van der Waals surface area contributed by atoms with Crippen LogP contribution in [0.15, 0.2) is 18.2 Å². The van der Waals surface area contributed by atoms with Crippen LogP contribution in [0.1, 0.15) is 30.9 Å². The van der Waals surface area contributed by atoms with Gasteiger partial charge in [0.15, 0.2) is 0 Å². The van der Waals surface area contributed by atoms with E-state index < -0.39 is 0 Å². The number of piperidine rings is 1. The Kier molecular flexibility index (Phi) is 5.24. The van der Waals surface area contributed by atoms with Crippen LogP contribution in [0.2, 0.25) is 0 Å². The summed E-state index contributed by atoms with van der Waals surface area (Å²) in [4.78, 5) is 14.2. The molecule has 2 rings (SSSR count). The third kappa shape index (κ3) is 4.24. The summed E-state index contributed by atoms with van der Waals surface area (Å²) < 4.78 is 0. The minimum absolute atomic E-state index is 0.0442. The highest BCUT2D eigenvalue weighted by atomic mass is 16.2. The van der Waals surface area contributed by atoms with E-state index in [4.69, 9.17) is 5.11 Å². The summed E-state index contributed by atoms with van der Waals surface area (Å²) in [5.74, 6) is 6.17. The number of amides is 2. The fourth-order valence-electron chi connectivity index (χ4n) is 2.38. The molecule has 4 heteroatoms. The third-order valence-corrected chi connectivity index (χ3v) is 3.86. The molecule has 1 fully saturated rings. The Bertz CT molecular complexity index is 564. The van der Waals surface area contributed by atoms with Gasteiger partial charge in [-0.3, -0.25) is 0 Å². The smallest absolute Gasteiger partial charge is 0.321 e. The number of aliphatic hydroxyl groups excluding tert-OH is 1. The van der Waals surface area contributed by atoms with Crippen LogP contribution in [0.5, 0.6) is 0 Å². The molecule has 2 N–H and O–H groups in total. The van der Waals surface area contributed by atoms with E-state index >= 15 is 0 Å². The summed E-state index contributed by atoms with van der Waals surface area (Å²) in [6.07, 6.45) is 2.13. The molecule has 1 aliphatic heterocycles. The van der Waals surface area contributed by atoms with Gasteiger partial charge < -0.3 is 15.3 Å². The van der Waals surface area contributed by atoms with Gasteiger partial charge in [-0.1, -0.05) is 24.8 Å². The lowest BCUT2D eigenvalue weighted by Crippen LogP contribution is -2.40. The summed E-state index contributed by atoms with van der Waals surface area (Å²) in [6.45, 7) is 5.65. The van der Waals surface area contributed by atoms with Gasteiger partial charge in [0.05, 0.1) is 0 Å². The largest absolute Gasteiger partial charge is 0.384 e. The molecule has 1 heterocycles. The zero-order valence-corrected chi connectivity index (χ0v) is 12.6. The van der Waals surface area contributed by atoms with Crippen molar-refractivity contribution in [3.63, 3.8) is 0 Å². The van der Waals surface area contributed by atoms with Crippen LogP contribution in [-0.4, -0.2) is 35.7 Å². The number of nitrogens with zero attached hydrogens (tertiary/aromatic N) is 1. The summed E-state index contributed by atoms with van der Waals surface area (Å²) >= 11 is 0. The maximum Gasteiger partial charge on any atom is 0.321 e. The highest BCUT2D eigenvalue weighted by molar-refractivity contribution is 5.90. The highest BCUT2D eigenvalue weighted by Gasteiger charge is 2.20. The van der Waals surface area contributed by atoms with Gasteiger partial charge >= 0.3 is 6.03 Å². The molecule has 1 aliphatic rings. The number of nitrogens with one attached hydrogen (secondary N) is 1. The number of hydrogen-bond acceptors (Lipinski definition) is 2. The van der Waals surface area contributed by atoms with Crippen molar-refractivity contribution < 1.29 is 9.90 Å². The van der Waals surface area contributed by atoms with Gasteiger partial charge in [-0.2, -0.15) is 0 Å². The first-order valence-corrected chi connectivity index (χ1v) is 7.36. The van der Waals surface area contributed by atoms with Gasteiger partial charge in [0, 0.05) is 24.3 Å². The van der Waals surface area contributed by atoms with Crippen molar-refractivity contribution >= 4 is 11.7 Å². The first-order valence-electron chi connectivity index (χ1n) is 7.36. The fourth-order valence-corrected chi connectivity index (χ4v) is 2.38. The summed E-state index contributed by atoms with van der Waals surface area (Å²) in [5.41, 5.74) is 2.57.